The molecule has 18 heavy (non-hydrogen) atoms. The summed E-state index contributed by atoms with van der Waals surface area (Å²) >= 11 is 0. The molecule has 1 N–H and O–H groups in total. The van der Waals surface area contributed by atoms with Crippen molar-refractivity contribution in [2.24, 2.45) is 5.92 Å². The van der Waals surface area contributed by atoms with Crippen LogP contribution in [0.2, 0.25) is 0 Å². The van der Waals surface area contributed by atoms with E-state index in [1.807, 2.05) is 6.92 Å². The molecule has 1 atom stereocenters. The van der Waals surface area contributed by atoms with Crippen molar-refractivity contribution >= 4 is 5.69 Å². The van der Waals surface area contributed by atoms with Crippen LogP contribution in [0.4, 0.5) is 18.9 Å². The van der Waals surface area contributed by atoms with Crippen LogP contribution in [0.5, 0.6) is 0 Å². The first kappa shape index (κ1) is 14.9. The van der Waals surface area contributed by atoms with Crippen molar-refractivity contribution < 1.29 is 13.2 Å². The molecule has 0 saturated carbocycles. The summed E-state index contributed by atoms with van der Waals surface area (Å²) in [5.74, 6) is 0.562. The molecule has 1 aromatic rings. The predicted octanol–water partition coefficient (Wildman–Crippen LogP) is 4.94. The molecule has 102 valence electrons. The second kappa shape index (κ2) is 6.12. The van der Waals surface area contributed by atoms with Crippen LogP contribution in [0.25, 0.3) is 0 Å². The monoisotopic (exact) mass is 259 g/mol. The summed E-state index contributed by atoms with van der Waals surface area (Å²) in [6.45, 7) is 6.13. The van der Waals surface area contributed by atoms with Crippen LogP contribution in [-0.2, 0) is 6.18 Å². The Hall–Kier alpha value is -1.19. The fourth-order valence-corrected chi connectivity index (χ4v) is 1.78. The minimum Gasteiger partial charge on any atom is -0.382 e. The lowest BCUT2D eigenvalue weighted by Gasteiger charge is -2.20. The number of halogens is 3. The summed E-state index contributed by atoms with van der Waals surface area (Å²) in [6.07, 6.45) is -2.44. The SMILES string of the molecule is CC(C)CCC(C)Nc1ccccc1C(F)(F)F. The minimum absolute atomic E-state index is 0.0379. The largest absolute Gasteiger partial charge is 0.418 e. The Bertz CT molecular complexity index is 372. The molecular formula is C14H20F3N. The second-order valence-electron chi connectivity index (χ2n) is 5.06. The van der Waals surface area contributed by atoms with Gasteiger partial charge in [-0.1, -0.05) is 26.0 Å². The van der Waals surface area contributed by atoms with Crippen LogP contribution in [0.1, 0.15) is 39.2 Å². The summed E-state index contributed by atoms with van der Waals surface area (Å²) in [7, 11) is 0. The highest BCUT2D eigenvalue weighted by molar-refractivity contribution is 5.53. The van der Waals surface area contributed by atoms with E-state index < -0.39 is 11.7 Å². The Morgan fingerprint density at radius 1 is 1.06 bits per heavy atom. The van der Waals surface area contributed by atoms with Crippen LogP contribution < -0.4 is 5.32 Å². The van der Waals surface area contributed by atoms with Crippen molar-refractivity contribution in [1.82, 2.24) is 0 Å². The number of benzene rings is 1. The molecule has 0 saturated heterocycles. The molecule has 4 heteroatoms. The Balaban J connectivity index is 2.72. The molecule has 0 aliphatic carbocycles. The average Bonchev–Trinajstić information content (AvgIpc) is 2.25. The lowest BCUT2D eigenvalue weighted by molar-refractivity contribution is -0.137. The van der Waals surface area contributed by atoms with Gasteiger partial charge < -0.3 is 5.32 Å². The highest BCUT2D eigenvalue weighted by atomic mass is 19.4. The van der Waals surface area contributed by atoms with Gasteiger partial charge in [-0.25, -0.2) is 0 Å². The summed E-state index contributed by atoms with van der Waals surface area (Å²) in [6, 6.07) is 5.65. The topological polar surface area (TPSA) is 12.0 Å². The number of nitrogens with one attached hydrogen (secondary N) is 1. The van der Waals surface area contributed by atoms with Crippen molar-refractivity contribution in [1.29, 1.82) is 0 Å². The zero-order chi connectivity index (χ0) is 13.8. The Morgan fingerprint density at radius 2 is 1.67 bits per heavy atom. The van der Waals surface area contributed by atoms with Crippen molar-refractivity contribution in [2.45, 2.75) is 45.8 Å². The van der Waals surface area contributed by atoms with Gasteiger partial charge in [0.25, 0.3) is 0 Å². The van der Waals surface area contributed by atoms with E-state index in [4.69, 9.17) is 0 Å². The minimum atomic E-state index is -4.30. The molecule has 1 rings (SSSR count). The zero-order valence-corrected chi connectivity index (χ0v) is 11.0. The van der Waals surface area contributed by atoms with Gasteiger partial charge in [0.2, 0.25) is 0 Å². The third-order valence-electron chi connectivity index (χ3n) is 2.81. The standard InChI is InChI=1S/C14H20F3N/c1-10(2)8-9-11(3)18-13-7-5-4-6-12(13)14(15,16)17/h4-7,10-11,18H,8-9H2,1-3H3. The molecule has 0 bridgehead atoms. The van der Waals surface area contributed by atoms with Gasteiger partial charge >= 0.3 is 6.18 Å². The molecule has 0 radical (unpaired) electrons. The Labute approximate surface area is 106 Å². The van der Waals surface area contributed by atoms with E-state index in [1.165, 1.54) is 12.1 Å². The summed E-state index contributed by atoms with van der Waals surface area (Å²) < 4.78 is 38.3. The molecule has 1 aromatic carbocycles. The highest BCUT2D eigenvalue weighted by Gasteiger charge is 2.33. The third-order valence-corrected chi connectivity index (χ3v) is 2.81. The smallest absolute Gasteiger partial charge is 0.382 e. The van der Waals surface area contributed by atoms with Crippen molar-refractivity contribution in [2.75, 3.05) is 5.32 Å². The normalized spacial score (nSPS) is 13.7. The number of hydrogen-bond donors (Lipinski definition) is 1. The predicted molar refractivity (Wildman–Crippen MR) is 68.6 cm³/mol. The van der Waals surface area contributed by atoms with Crippen LogP contribution in [0.3, 0.4) is 0 Å². The van der Waals surface area contributed by atoms with Gasteiger partial charge in [0, 0.05) is 11.7 Å². The lowest BCUT2D eigenvalue weighted by atomic mass is 10.0. The van der Waals surface area contributed by atoms with Crippen LogP contribution in [0, 0.1) is 5.92 Å². The van der Waals surface area contributed by atoms with Gasteiger partial charge in [-0.2, -0.15) is 13.2 Å². The maximum Gasteiger partial charge on any atom is 0.418 e. The molecule has 0 spiro atoms. The number of rotatable bonds is 5. The molecule has 1 unspecified atom stereocenters. The molecule has 0 fully saturated rings. The molecule has 1 nitrogen and oxygen atoms in total. The molecule has 0 aliphatic heterocycles. The highest BCUT2D eigenvalue weighted by Crippen LogP contribution is 2.34. The molecule has 0 aliphatic rings. The van der Waals surface area contributed by atoms with E-state index in [2.05, 4.69) is 19.2 Å². The molecular weight excluding hydrogens is 239 g/mol. The van der Waals surface area contributed by atoms with E-state index in [0.29, 0.717) is 5.92 Å². The third kappa shape index (κ3) is 4.59. The van der Waals surface area contributed by atoms with Crippen molar-refractivity contribution in [3.05, 3.63) is 29.8 Å². The van der Waals surface area contributed by atoms with Crippen LogP contribution in [-0.4, -0.2) is 6.04 Å². The first-order chi connectivity index (χ1) is 8.30. The van der Waals surface area contributed by atoms with E-state index in [-0.39, 0.29) is 11.7 Å². The van der Waals surface area contributed by atoms with E-state index >= 15 is 0 Å². The average molecular weight is 259 g/mol. The van der Waals surface area contributed by atoms with Crippen molar-refractivity contribution in [3.8, 4) is 0 Å². The number of para-hydroxylation sites is 1. The van der Waals surface area contributed by atoms with Gasteiger partial charge in [0.1, 0.15) is 0 Å². The van der Waals surface area contributed by atoms with E-state index in [0.717, 1.165) is 18.9 Å². The molecule has 0 heterocycles. The fraction of sp³-hybridized carbons (Fsp3) is 0.571. The van der Waals surface area contributed by atoms with E-state index in [1.54, 1.807) is 6.07 Å². The van der Waals surface area contributed by atoms with Gasteiger partial charge in [0.15, 0.2) is 0 Å². The van der Waals surface area contributed by atoms with Crippen molar-refractivity contribution in [3.63, 3.8) is 0 Å². The number of hydrogen-bond acceptors (Lipinski definition) is 1. The maximum absolute atomic E-state index is 12.8. The molecule has 0 amide bonds. The lowest BCUT2D eigenvalue weighted by Crippen LogP contribution is -2.19. The van der Waals surface area contributed by atoms with Gasteiger partial charge in [-0.3, -0.25) is 0 Å². The first-order valence-corrected chi connectivity index (χ1v) is 6.23. The summed E-state index contributed by atoms with van der Waals surface area (Å²) in [4.78, 5) is 0. The number of anilines is 1. The van der Waals surface area contributed by atoms with Gasteiger partial charge in [-0.05, 0) is 37.8 Å². The van der Waals surface area contributed by atoms with Gasteiger partial charge in [0.05, 0.1) is 5.56 Å². The maximum atomic E-state index is 12.8. The first-order valence-electron chi connectivity index (χ1n) is 6.23. The number of alkyl halides is 3. The molecule has 0 aromatic heterocycles. The van der Waals surface area contributed by atoms with Crippen LogP contribution >= 0.6 is 0 Å². The summed E-state index contributed by atoms with van der Waals surface area (Å²) in [5, 5.41) is 2.95. The Kier molecular flexibility index (Phi) is 5.05. The van der Waals surface area contributed by atoms with E-state index in [9.17, 15) is 13.2 Å². The summed E-state index contributed by atoms with van der Waals surface area (Å²) in [5.41, 5.74) is -0.428. The van der Waals surface area contributed by atoms with Crippen LogP contribution in [0.15, 0.2) is 24.3 Å². The van der Waals surface area contributed by atoms with Gasteiger partial charge in [-0.15, -0.1) is 0 Å². The Morgan fingerprint density at radius 3 is 2.22 bits per heavy atom. The zero-order valence-electron chi connectivity index (χ0n) is 11.0. The fourth-order valence-electron chi connectivity index (χ4n) is 1.78. The quantitative estimate of drug-likeness (QED) is 0.789. The second-order valence-corrected chi connectivity index (χ2v) is 5.06.